The molecule has 0 aliphatic carbocycles. The molecule has 0 fully saturated rings. The average molecular weight is 250 g/mol. The van der Waals surface area contributed by atoms with E-state index in [4.69, 9.17) is 22.1 Å². The van der Waals surface area contributed by atoms with Crippen LogP contribution in [0.2, 0.25) is 5.02 Å². The van der Waals surface area contributed by atoms with Gasteiger partial charge in [0, 0.05) is 5.69 Å². The number of nitrogens with two attached hydrogens (primary N) is 1. The van der Waals surface area contributed by atoms with Gasteiger partial charge >= 0.3 is 0 Å². The van der Waals surface area contributed by atoms with Gasteiger partial charge in [0.2, 0.25) is 0 Å². The number of hydrogen-bond donors (Lipinski definition) is 2. The number of halogens is 1. The maximum Gasteiger partial charge on any atom is 0.138 e. The summed E-state index contributed by atoms with van der Waals surface area (Å²) in [6, 6.07) is 12.0. The predicted molar refractivity (Wildman–Crippen MR) is 68.3 cm³/mol. The van der Waals surface area contributed by atoms with Crippen LogP contribution in [0.15, 0.2) is 42.5 Å². The lowest BCUT2D eigenvalue weighted by Gasteiger charge is -2.08. The fourth-order valence-electron chi connectivity index (χ4n) is 1.44. The molecule has 2 rings (SSSR count). The summed E-state index contributed by atoms with van der Waals surface area (Å²) in [6.07, 6.45) is 0. The zero-order valence-electron chi connectivity index (χ0n) is 9.06. The van der Waals surface area contributed by atoms with Gasteiger partial charge in [-0.25, -0.2) is 0 Å². The van der Waals surface area contributed by atoms with Crippen molar-refractivity contribution in [3.63, 3.8) is 0 Å². The number of benzene rings is 2. The molecule has 0 atom stereocenters. The Hall–Kier alpha value is -1.87. The quantitative estimate of drug-likeness (QED) is 0.822. The molecule has 0 aromatic heterocycles. The van der Waals surface area contributed by atoms with Crippen molar-refractivity contribution < 1.29 is 9.84 Å². The summed E-state index contributed by atoms with van der Waals surface area (Å²) in [5.41, 5.74) is 7.05. The molecule has 0 spiro atoms. The van der Waals surface area contributed by atoms with Gasteiger partial charge in [-0.2, -0.15) is 0 Å². The first kappa shape index (κ1) is 11.6. The number of hydrogen-bond acceptors (Lipinski definition) is 3. The third-order valence-electron chi connectivity index (χ3n) is 2.26. The molecule has 0 heterocycles. The number of phenolic OH excluding ortho intramolecular Hbond substituents is 1. The van der Waals surface area contributed by atoms with E-state index in [9.17, 15) is 5.11 Å². The van der Waals surface area contributed by atoms with Gasteiger partial charge in [-0.05, 0) is 35.9 Å². The summed E-state index contributed by atoms with van der Waals surface area (Å²) in [5.74, 6) is 0.790. The molecule has 0 bridgehead atoms. The molecule has 0 saturated carbocycles. The first-order valence-corrected chi connectivity index (χ1v) is 5.48. The van der Waals surface area contributed by atoms with Crippen LogP contribution in [0.25, 0.3) is 0 Å². The van der Waals surface area contributed by atoms with Gasteiger partial charge in [0.25, 0.3) is 0 Å². The second kappa shape index (κ2) is 4.97. The summed E-state index contributed by atoms with van der Waals surface area (Å²) >= 11 is 5.97. The van der Waals surface area contributed by atoms with Crippen LogP contribution in [0, 0.1) is 0 Å². The first-order valence-electron chi connectivity index (χ1n) is 5.11. The molecule has 4 heteroatoms. The molecule has 3 N–H and O–H groups in total. The minimum absolute atomic E-state index is 0.217. The predicted octanol–water partition coefficient (Wildman–Crippen LogP) is 3.21. The van der Waals surface area contributed by atoms with Gasteiger partial charge in [-0.15, -0.1) is 0 Å². The fraction of sp³-hybridized carbons (Fsp3) is 0.0769. The van der Waals surface area contributed by atoms with Crippen molar-refractivity contribution in [1.82, 2.24) is 0 Å². The van der Waals surface area contributed by atoms with Crippen LogP contribution in [0.3, 0.4) is 0 Å². The van der Waals surface area contributed by atoms with Crippen LogP contribution in [0.5, 0.6) is 11.5 Å². The van der Waals surface area contributed by atoms with E-state index >= 15 is 0 Å². The Morgan fingerprint density at radius 2 is 2.00 bits per heavy atom. The van der Waals surface area contributed by atoms with Gasteiger partial charge in [-0.3, -0.25) is 0 Å². The molecule has 2 aromatic rings. The number of nitrogen functional groups attached to an aromatic ring is 1. The van der Waals surface area contributed by atoms with Gasteiger partial charge in [0.05, 0.1) is 5.02 Å². The molecule has 0 aliphatic heterocycles. The summed E-state index contributed by atoms with van der Waals surface area (Å²) in [5, 5.41) is 9.78. The van der Waals surface area contributed by atoms with Crippen LogP contribution in [-0.4, -0.2) is 5.11 Å². The van der Waals surface area contributed by atoms with Gasteiger partial charge in [0.15, 0.2) is 0 Å². The normalized spacial score (nSPS) is 10.2. The zero-order chi connectivity index (χ0) is 12.3. The van der Waals surface area contributed by atoms with E-state index in [1.807, 2.05) is 6.07 Å². The molecule has 0 radical (unpaired) electrons. The minimum Gasteiger partial charge on any atom is -0.508 e. The van der Waals surface area contributed by atoms with E-state index in [2.05, 4.69) is 0 Å². The van der Waals surface area contributed by atoms with E-state index < -0.39 is 0 Å². The van der Waals surface area contributed by atoms with Crippen molar-refractivity contribution in [2.75, 3.05) is 5.73 Å². The van der Waals surface area contributed by atoms with Gasteiger partial charge < -0.3 is 15.6 Å². The Balaban J connectivity index is 2.07. The average Bonchev–Trinajstić information content (AvgIpc) is 2.28. The van der Waals surface area contributed by atoms with Gasteiger partial charge in [0.1, 0.15) is 18.1 Å². The topological polar surface area (TPSA) is 55.5 Å². The SMILES string of the molecule is Nc1ccc(OCc2cccc(O)c2)c(Cl)c1. The van der Waals surface area contributed by atoms with Crippen molar-refractivity contribution in [2.24, 2.45) is 0 Å². The van der Waals surface area contributed by atoms with Crippen LogP contribution >= 0.6 is 11.6 Å². The highest BCUT2D eigenvalue weighted by Gasteiger charge is 2.02. The molecule has 17 heavy (non-hydrogen) atoms. The summed E-state index contributed by atoms with van der Waals surface area (Å²) in [6.45, 7) is 0.345. The smallest absolute Gasteiger partial charge is 0.138 e. The lowest BCUT2D eigenvalue weighted by molar-refractivity contribution is 0.305. The van der Waals surface area contributed by atoms with Crippen LogP contribution in [0.4, 0.5) is 5.69 Å². The van der Waals surface area contributed by atoms with E-state index in [-0.39, 0.29) is 5.75 Å². The number of ether oxygens (including phenoxy) is 1. The minimum atomic E-state index is 0.217. The molecule has 0 amide bonds. The molecular weight excluding hydrogens is 238 g/mol. The lowest BCUT2D eigenvalue weighted by atomic mass is 10.2. The molecule has 0 unspecified atom stereocenters. The Morgan fingerprint density at radius 3 is 2.71 bits per heavy atom. The Bertz CT molecular complexity index is 529. The number of anilines is 1. The third-order valence-corrected chi connectivity index (χ3v) is 2.56. The highest BCUT2D eigenvalue weighted by Crippen LogP contribution is 2.27. The molecule has 2 aromatic carbocycles. The van der Waals surface area contributed by atoms with E-state index in [0.717, 1.165) is 5.56 Å². The Kier molecular flexibility index (Phi) is 3.40. The van der Waals surface area contributed by atoms with Crippen molar-refractivity contribution in [3.8, 4) is 11.5 Å². The highest BCUT2D eigenvalue weighted by atomic mass is 35.5. The second-order valence-electron chi connectivity index (χ2n) is 3.65. The van der Waals surface area contributed by atoms with Crippen molar-refractivity contribution in [2.45, 2.75) is 6.61 Å². The second-order valence-corrected chi connectivity index (χ2v) is 4.06. The zero-order valence-corrected chi connectivity index (χ0v) is 9.82. The number of rotatable bonds is 3. The van der Waals surface area contributed by atoms with Crippen molar-refractivity contribution >= 4 is 17.3 Å². The largest absolute Gasteiger partial charge is 0.508 e. The monoisotopic (exact) mass is 249 g/mol. The lowest BCUT2D eigenvalue weighted by Crippen LogP contribution is -1.96. The fourth-order valence-corrected chi connectivity index (χ4v) is 1.69. The maximum absolute atomic E-state index is 9.30. The number of phenols is 1. The van der Waals surface area contributed by atoms with Crippen LogP contribution in [-0.2, 0) is 6.61 Å². The Morgan fingerprint density at radius 1 is 1.18 bits per heavy atom. The van der Waals surface area contributed by atoms with Crippen molar-refractivity contribution in [1.29, 1.82) is 0 Å². The maximum atomic E-state index is 9.30. The Labute approximate surface area is 104 Å². The van der Waals surface area contributed by atoms with E-state index in [0.29, 0.717) is 23.1 Å². The first-order chi connectivity index (χ1) is 8.15. The molecule has 3 nitrogen and oxygen atoms in total. The molecular formula is C13H12ClNO2. The molecule has 0 saturated heterocycles. The number of aromatic hydroxyl groups is 1. The van der Waals surface area contributed by atoms with E-state index in [1.165, 1.54) is 0 Å². The highest BCUT2D eigenvalue weighted by molar-refractivity contribution is 6.32. The standard InChI is InChI=1S/C13H12ClNO2/c14-12-7-10(15)4-5-13(12)17-8-9-2-1-3-11(16)6-9/h1-7,16H,8,15H2. The van der Waals surface area contributed by atoms with Gasteiger partial charge in [-0.1, -0.05) is 23.7 Å². The molecule has 0 aliphatic rings. The van der Waals surface area contributed by atoms with Crippen LogP contribution < -0.4 is 10.5 Å². The summed E-state index contributed by atoms with van der Waals surface area (Å²) in [7, 11) is 0. The van der Waals surface area contributed by atoms with Crippen LogP contribution in [0.1, 0.15) is 5.56 Å². The summed E-state index contributed by atoms with van der Waals surface area (Å²) < 4.78 is 5.53. The third kappa shape index (κ3) is 3.04. The molecule has 88 valence electrons. The summed E-state index contributed by atoms with van der Waals surface area (Å²) in [4.78, 5) is 0. The van der Waals surface area contributed by atoms with E-state index in [1.54, 1.807) is 36.4 Å². The van der Waals surface area contributed by atoms with Crippen molar-refractivity contribution in [3.05, 3.63) is 53.1 Å².